The standard InChI is InChI=1S/C27H25NO6/c1-2-26(30)33-16-4-3-15-32-25-17-22(29)11-14-24(25)27(31)34-23-12-9-21(10-13-23)20-7-5-19(18-28)6-8-20/h2,5-14,17,27,29,31H,1,3-4,15-16H2. The Kier molecular flexibility index (Phi) is 8.67. The Morgan fingerprint density at radius 2 is 1.65 bits per heavy atom. The summed E-state index contributed by atoms with van der Waals surface area (Å²) < 4.78 is 16.3. The highest BCUT2D eigenvalue weighted by atomic mass is 16.6. The van der Waals surface area contributed by atoms with Gasteiger partial charge in [0.2, 0.25) is 6.29 Å². The Bertz CT molecular complexity index is 1150. The number of hydrogen-bond acceptors (Lipinski definition) is 7. The number of aliphatic hydroxyl groups is 1. The van der Waals surface area contributed by atoms with Crippen LogP contribution in [0.25, 0.3) is 11.1 Å². The van der Waals surface area contributed by atoms with Gasteiger partial charge in [0.05, 0.1) is 30.4 Å². The summed E-state index contributed by atoms with van der Waals surface area (Å²) in [5, 5.41) is 29.4. The molecule has 0 radical (unpaired) electrons. The molecule has 0 spiro atoms. The number of rotatable bonds is 11. The highest BCUT2D eigenvalue weighted by Gasteiger charge is 2.16. The summed E-state index contributed by atoms with van der Waals surface area (Å²) in [5.74, 6) is 0.275. The van der Waals surface area contributed by atoms with Gasteiger partial charge in [-0.25, -0.2) is 4.79 Å². The minimum absolute atomic E-state index is 0.00219. The Balaban J connectivity index is 1.59. The zero-order chi connectivity index (χ0) is 24.3. The van der Waals surface area contributed by atoms with Gasteiger partial charge >= 0.3 is 5.97 Å². The van der Waals surface area contributed by atoms with Crippen molar-refractivity contribution < 1.29 is 29.2 Å². The van der Waals surface area contributed by atoms with Crippen LogP contribution in [0.3, 0.4) is 0 Å². The molecule has 1 unspecified atom stereocenters. The molecule has 2 N–H and O–H groups in total. The van der Waals surface area contributed by atoms with E-state index in [1.54, 1.807) is 24.3 Å². The predicted octanol–water partition coefficient (Wildman–Crippen LogP) is 4.89. The van der Waals surface area contributed by atoms with Crippen molar-refractivity contribution in [1.29, 1.82) is 5.26 Å². The lowest BCUT2D eigenvalue weighted by atomic mass is 10.0. The van der Waals surface area contributed by atoms with Crippen molar-refractivity contribution in [3.05, 3.63) is 90.5 Å². The van der Waals surface area contributed by atoms with Gasteiger partial charge in [0.15, 0.2) is 0 Å². The quantitative estimate of drug-likeness (QED) is 0.182. The molecule has 0 aliphatic rings. The number of benzene rings is 3. The van der Waals surface area contributed by atoms with Gasteiger partial charge in [0, 0.05) is 12.1 Å². The summed E-state index contributed by atoms with van der Waals surface area (Å²) in [7, 11) is 0. The molecule has 0 saturated carbocycles. The minimum Gasteiger partial charge on any atom is -0.508 e. The zero-order valence-corrected chi connectivity index (χ0v) is 18.5. The average molecular weight is 459 g/mol. The molecule has 34 heavy (non-hydrogen) atoms. The lowest BCUT2D eigenvalue weighted by Crippen LogP contribution is -2.10. The maximum Gasteiger partial charge on any atom is 0.330 e. The number of phenolic OH excluding ortho intramolecular Hbond substituents is 1. The van der Waals surface area contributed by atoms with E-state index in [0.29, 0.717) is 42.1 Å². The molecule has 7 nitrogen and oxygen atoms in total. The molecule has 0 amide bonds. The van der Waals surface area contributed by atoms with Crippen LogP contribution in [0.4, 0.5) is 0 Å². The Labute approximate surface area is 198 Å². The Hall–Kier alpha value is -4.28. The van der Waals surface area contributed by atoms with Crippen LogP contribution in [-0.4, -0.2) is 29.4 Å². The van der Waals surface area contributed by atoms with E-state index in [9.17, 15) is 15.0 Å². The van der Waals surface area contributed by atoms with Gasteiger partial charge in [0.25, 0.3) is 0 Å². The summed E-state index contributed by atoms with van der Waals surface area (Å²) in [4.78, 5) is 11.0. The number of ether oxygens (including phenoxy) is 3. The van der Waals surface area contributed by atoms with Gasteiger partial charge in [0.1, 0.15) is 17.2 Å². The van der Waals surface area contributed by atoms with E-state index in [-0.39, 0.29) is 12.4 Å². The van der Waals surface area contributed by atoms with E-state index in [4.69, 9.17) is 19.5 Å². The molecule has 0 fully saturated rings. The third-order valence-corrected chi connectivity index (χ3v) is 4.92. The van der Waals surface area contributed by atoms with E-state index in [2.05, 4.69) is 12.6 Å². The van der Waals surface area contributed by atoms with Crippen LogP contribution in [0.5, 0.6) is 17.2 Å². The molecule has 0 aromatic heterocycles. The zero-order valence-electron chi connectivity index (χ0n) is 18.5. The van der Waals surface area contributed by atoms with E-state index in [1.165, 1.54) is 18.2 Å². The first kappa shape index (κ1) is 24.4. The molecule has 1 atom stereocenters. The number of hydrogen-bond donors (Lipinski definition) is 2. The number of aromatic hydroxyl groups is 1. The number of carbonyl (C=O) groups excluding carboxylic acids is 1. The first-order valence-electron chi connectivity index (χ1n) is 10.7. The summed E-state index contributed by atoms with van der Waals surface area (Å²) in [6.45, 7) is 3.89. The van der Waals surface area contributed by atoms with E-state index < -0.39 is 12.3 Å². The largest absolute Gasteiger partial charge is 0.508 e. The first-order valence-corrected chi connectivity index (χ1v) is 10.7. The SMILES string of the molecule is C=CC(=O)OCCCCOc1cc(O)ccc1C(O)Oc1ccc(-c2ccc(C#N)cc2)cc1. The highest BCUT2D eigenvalue weighted by molar-refractivity contribution is 5.81. The van der Waals surface area contributed by atoms with Gasteiger partial charge < -0.3 is 24.4 Å². The number of unbranched alkanes of at least 4 members (excludes halogenated alkanes) is 1. The number of nitrogens with zero attached hydrogens (tertiary/aromatic N) is 1. The number of carbonyl (C=O) groups is 1. The molecule has 3 aromatic rings. The number of esters is 1. The van der Waals surface area contributed by atoms with Gasteiger partial charge in [-0.2, -0.15) is 5.26 Å². The Morgan fingerprint density at radius 3 is 2.29 bits per heavy atom. The van der Waals surface area contributed by atoms with Crippen molar-refractivity contribution in [3.63, 3.8) is 0 Å². The van der Waals surface area contributed by atoms with Gasteiger partial charge in [-0.3, -0.25) is 0 Å². The van der Waals surface area contributed by atoms with Crippen LogP contribution in [0, 0.1) is 11.3 Å². The Morgan fingerprint density at radius 1 is 1.00 bits per heavy atom. The summed E-state index contributed by atoms with van der Waals surface area (Å²) in [5.41, 5.74) is 2.86. The third-order valence-electron chi connectivity index (χ3n) is 4.92. The third kappa shape index (κ3) is 6.86. The lowest BCUT2D eigenvalue weighted by Gasteiger charge is -2.18. The van der Waals surface area contributed by atoms with Gasteiger partial charge in [-0.1, -0.05) is 30.8 Å². The van der Waals surface area contributed by atoms with E-state index in [1.807, 2.05) is 24.3 Å². The molecule has 0 aliphatic carbocycles. The van der Waals surface area contributed by atoms with Crippen molar-refractivity contribution in [2.24, 2.45) is 0 Å². The van der Waals surface area contributed by atoms with Gasteiger partial charge in [-0.15, -0.1) is 0 Å². The monoisotopic (exact) mass is 459 g/mol. The predicted molar refractivity (Wildman–Crippen MR) is 126 cm³/mol. The van der Waals surface area contributed by atoms with Crippen molar-refractivity contribution in [2.45, 2.75) is 19.1 Å². The smallest absolute Gasteiger partial charge is 0.330 e. The van der Waals surface area contributed by atoms with Crippen molar-refractivity contribution in [1.82, 2.24) is 0 Å². The van der Waals surface area contributed by atoms with E-state index in [0.717, 1.165) is 17.2 Å². The van der Waals surface area contributed by atoms with Crippen LogP contribution in [-0.2, 0) is 9.53 Å². The molecule has 0 saturated heterocycles. The first-order chi connectivity index (χ1) is 16.5. The van der Waals surface area contributed by atoms with Crippen LogP contribution in [0.2, 0.25) is 0 Å². The summed E-state index contributed by atoms with van der Waals surface area (Å²) >= 11 is 0. The molecule has 0 aliphatic heterocycles. The average Bonchev–Trinajstić information content (AvgIpc) is 2.86. The molecular weight excluding hydrogens is 434 g/mol. The second kappa shape index (κ2) is 12.1. The lowest BCUT2D eigenvalue weighted by molar-refractivity contribution is -0.137. The van der Waals surface area contributed by atoms with Crippen LogP contribution >= 0.6 is 0 Å². The van der Waals surface area contributed by atoms with Crippen LogP contribution < -0.4 is 9.47 Å². The summed E-state index contributed by atoms with van der Waals surface area (Å²) in [6.07, 6.45) is 0.994. The fraction of sp³-hybridized carbons (Fsp3) is 0.185. The van der Waals surface area contributed by atoms with Crippen molar-refractivity contribution in [3.8, 4) is 34.4 Å². The fourth-order valence-corrected chi connectivity index (χ4v) is 3.13. The maximum atomic E-state index is 11.0. The van der Waals surface area contributed by atoms with Gasteiger partial charge in [-0.05, 0) is 60.4 Å². The van der Waals surface area contributed by atoms with E-state index >= 15 is 0 Å². The fourth-order valence-electron chi connectivity index (χ4n) is 3.13. The molecular formula is C27H25NO6. The van der Waals surface area contributed by atoms with Crippen LogP contribution in [0.1, 0.15) is 30.3 Å². The highest BCUT2D eigenvalue weighted by Crippen LogP contribution is 2.32. The molecule has 3 aromatic carbocycles. The normalized spacial score (nSPS) is 11.2. The molecule has 3 rings (SSSR count). The second-order valence-corrected chi connectivity index (χ2v) is 7.33. The maximum absolute atomic E-state index is 11.0. The number of aliphatic hydroxyl groups excluding tert-OH is 1. The minimum atomic E-state index is -1.31. The molecule has 7 heteroatoms. The number of phenols is 1. The molecule has 174 valence electrons. The topological polar surface area (TPSA) is 109 Å². The van der Waals surface area contributed by atoms with Crippen molar-refractivity contribution >= 4 is 5.97 Å². The van der Waals surface area contributed by atoms with Crippen LogP contribution in [0.15, 0.2) is 79.4 Å². The summed E-state index contributed by atoms with van der Waals surface area (Å²) in [6, 6.07) is 20.9. The molecule has 0 bridgehead atoms. The second-order valence-electron chi connectivity index (χ2n) is 7.33. The van der Waals surface area contributed by atoms with Crippen molar-refractivity contribution in [2.75, 3.05) is 13.2 Å². The number of nitriles is 1. The molecule has 0 heterocycles.